The Kier molecular flexibility index (Phi) is 4.83. The molecule has 0 saturated carbocycles. The third kappa shape index (κ3) is 4.26. The number of nitrogens with zero attached hydrogens (tertiary/aromatic N) is 3. The second-order valence-corrected chi connectivity index (χ2v) is 6.15. The smallest absolute Gasteiger partial charge is 0.234 e. The van der Waals surface area contributed by atoms with Gasteiger partial charge in [0.2, 0.25) is 5.91 Å². The number of rotatable bonds is 4. The number of amides is 1. The van der Waals surface area contributed by atoms with Crippen LogP contribution in [-0.4, -0.2) is 27.4 Å². The molecule has 0 atom stereocenters. The number of pyridine rings is 1. The van der Waals surface area contributed by atoms with Crippen LogP contribution >= 0.6 is 11.8 Å². The highest BCUT2D eigenvalue weighted by molar-refractivity contribution is 8.14. The van der Waals surface area contributed by atoms with E-state index in [1.54, 1.807) is 6.20 Å². The Balaban J connectivity index is 1.49. The summed E-state index contributed by atoms with van der Waals surface area (Å²) >= 11 is 1.42. The van der Waals surface area contributed by atoms with Gasteiger partial charge in [-0.1, -0.05) is 30.0 Å². The molecule has 0 spiro atoms. The molecule has 0 saturated heterocycles. The Hall–Kier alpha value is -2.47. The van der Waals surface area contributed by atoms with E-state index in [0.29, 0.717) is 12.2 Å². The highest BCUT2D eigenvalue weighted by Gasteiger charge is 2.16. The normalized spacial score (nSPS) is 13.4. The van der Waals surface area contributed by atoms with Crippen molar-refractivity contribution in [3.8, 4) is 0 Å². The Morgan fingerprint density at radius 2 is 2.04 bits per heavy atom. The van der Waals surface area contributed by atoms with Crippen molar-refractivity contribution in [2.24, 2.45) is 10.2 Å². The number of carbonyl (C=O) groups excluding carboxylic acids is 1. The standard InChI is InChI=1S/C17H16N4OS/c1-12-9-13(7-8-18-12)15-10-17(21-20-15)23-11-16(22)19-14-5-3-2-4-6-14/h2-9H,10-11H2,1H3,(H,19,22). The predicted molar refractivity (Wildman–Crippen MR) is 95.1 cm³/mol. The van der Waals surface area contributed by atoms with Crippen LogP contribution in [0, 0.1) is 6.92 Å². The minimum Gasteiger partial charge on any atom is -0.325 e. The van der Waals surface area contributed by atoms with Crippen LogP contribution < -0.4 is 5.32 Å². The van der Waals surface area contributed by atoms with Crippen molar-refractivity contribution >= 4 is 34.1 Å². The molecule has 2 heterocycles. The van der Waals surface area contributed by atoms with E-state index in [1.165, 1.54) is 11.8 Å². The molecule has 1 aromatic carbocycles. The zero-order valence-electron chi connectivity index (χ0n) is 12.7. The first-order valence-corrected chi connectivity index (χ1v) is 8.23. The van der Waals surface area contributed by atoms with Crippen LogP contribution in [0.1, 0.15) is 17.7 Å². The summed E-state index contributed by atoms with van der Waals surface area (Å²) in [6.45, 7) is 1.95. The lowest BCUT2D eigenvalue weighted by molar-refractivity contribution is -0.113. The molecule has 1 N–H and O–H groups in total. The summed E-state index contributed by atoms with van der Waals surface area (Å²) in [5.41, 5.74) is 3.70. The van der Waals surface area contributed by atoms with Gasteiger partial charge in [-0.15, -0.1) is 5.10 Å². The fraction of sp³-hybridized carbons (Fsp3) is 0.176. The minimum absolute atomic E-state index is 0.0443. The van der Waals surface area contributed by atoms with Crippen LogP contribution in [0.2, 0.25) is 0 Å². The van der Waals surface area contributed by atoms with Gasteiger partial charge in [0.15, 0.2) is 0 Å². The fourth-order valence-electron chi connectivity index (χ4n) is 2.16. The molecule has 0 aliphatic carbocycles. The van der Waals surface area contributed by atoms with Crippen molar-refractivity contribution in [2.75, 3.05) is 11.1 Å². The molecule has 0 unspecified atom stereocenters. The van der Waals surface area contributed by atoms with Gasteiger partial charge in [0.25, 0.3) is 0 Å². The molecule has 1 aliphatic rings. The molecule has 0 radical (unpaired) electrons. The maximum Gasteiger partial charge on any atom is 0.234 e. The average Bonchev–Trinajstić information content (AvgIpc) is 3.03. The van der Waals surface area contributed by atoms with E-state index in [0.717, 1.165) is 27.7 Å². The first-order valence-electron chi connectivity index (χ1n) is 7.25. The fourth-order valence-corrected chi connectivity index (χ4v) is 2.87. The van der Waals surface area contributed by atoms with E-state index in [9.17, 15) is 4.79 Å². The molecule has 5 nitrogen and oxygen atoms in total. The maximum absolute atomic E-state index is 11.9. The molecule has 3 rings (SSSR count). The Morgan fingerprint density at radius 3 is 2.83 bits per heavy atom. The van der Waals surface area contributed by atoms with Crippen molar-refractivity contribution in [2.45, 2.75) is 13.3 Å². The Morgan fingerprint density at radius 1 is 1.22 bits per heavy atom. The molecule has 1 aliphatic heterocycles. The van der Waals surface area contributed by atoms with Gasteiger partial charge in [0.05, 0.1) is 11.5 Å². The van der Waals surface area contributed by atoms with Gasteiger partial charge in [-0.2, -0.15) is 5.10 Å². The molecule has 6 heteroatoms. The molecule has 0 fully saturated rings. The molecule has 0 bridgehead atoms. The van der Waals surface area contributed by atoms with Crippen LogP contribution in [0.3, 0.4) is 0 Å². The molecule has 23 heavy (non-hydrogen) atoms. The number of thioether (sulfide) groups is 1. The third-order valence-corrected chi connectivity index (χ3v) is 4.22. The molecule has 2 aromatic rings. The van der Waals surface area contributed by atoms with Gasteiger partial charge >= 0.3 is 0 Å². The van der Waals surface area contributed by atoms with Gasteiger partial charge in [0, 0.05) is 29.6 Å². The summed E-state index contributed by atoms with van der Waals surface area (Å²) < 4.78 is 0. The first kappa shape index (κ1) is 15.4. The van der Waals surface area contributed by atoms with E-state index in [1.807, 2.05) is 49.4 Å². The summed E-state index contributed by atoms with van der Waals surface area (Å²) in [6.07, 6.45) is 2.43. The predicted octanol–water partition coefficient (Wildman–Crippen LogP) is 3.27. The van der Waals surface area contributed by atoms with Crippen LogP contribution in [0.25, 0.3) is 0 Å². The van der Waals surface area contributed by atoms with Crippen molar-refractivity contribution < 1.29 is 4.79 Å². The number of aryl methyl sites for hydroxylation is 1. The number of anilines is 1. The highest BCUT2D eigenvalue weighted by atomic mass is 32.2. The van der Waals surface area contributed by atoms with E-state index in [-0.39, 0.29) is 5.91 Å². The van der Waals surface area contributed by atoms with Gasteiger partial charge in [-0.05, 0) is 31.2 Å². The Bertz CT molecular complexity index is 771. The zero-order valence-corrected chi connectivity index (χ0v) is 13.5. The summed E-state index contributed by atoms with van der Waals surface area (Å²) in [7, 11) is 0. The van der Waals surface area contributed by atoms with Crippen molar-refractivity contribution in [3.05, 3.63) is 59.9 Å². The van der Waals surface area contributed by atoms with Gasteiger partial charge in [-0.3, -0.25) is 9.78 Å². The number of hydrogen-bond acceptors (Lipinski definition) is 5. The van der Waals surface area contributed by atoms with E-state index >= 15 is 0 Å². The summed E-state index contributed by atoms with van der Waals surface area (Å²) in [4.78, 5) is 16.1. The molecule has 1 aromatic heterocycles. The number of aromatic nitrogens is 1. The number of benzene rings is 1. The second kappa shape index (κ2) is 7.19. The lowest BCUT2D eigenvalue weighted by atomic mass is 10.1. The van der Waals surface area contributed by atoms with E-state index < -0.39 is 0 Å². The highest BCUT2D eigenvalue weighted by Crippen LogP contribution is 2.19. The number of hydrogen-bond donors (Lipinski definition) is 1. The van der Waals surface area contributed by atoms with Gasteiger partial charge in [0.1, 0.15) is 5.04 Å². The summed E-state index contributed by atoms with van der Waals surface area (Å²) in [6, 6.07) is 13.3. The monoisotopic (exact) mass is 324 g/mol. The Labute approximate surface area is 138 Å². The molecule has 1 amide bonds. The van der Waals surface area contributed by atoms with Crippen LogP contribution in [-0.2, 0) is 4.79 Å². The lowest BCUT2D eigenvalue weighted by Gasteiger charge is -2.05. The lowest BCUT2D eigenvalue weighted by Crippen LogP contribution is -2.15. The van der Waals surface area contributed by atoms with Crippen LogP contribution in [0.5, 0.6) is 0 Å². The summed E-state index contributed by atoms with van der Waals surface area (Å²) in [5, 5.41) is 12.1. The van der Waals surface area contributed by atoms with Crippen LogP contribution in [0.4, 0.5) is 5.69 Å². The molecular formula is C17H16N4OS. The quantitative estimate of drug-likeness (QED) is 0.938. The zero-order chi connectivity index (χ0) is 16.1. The minimum atomic E-state index is -0.0443. The largest absolute Gasteiger partial charge is 0.325 e. The van der Waals surface area contributed by atoms with Crippen molar-refractivity contribution in [1.29, 1.82) is 0 Å². The van der Waals surface area contributed by atoms with E-state index in [2.05, 4.69) is 20.5 Å². The SMILES string of the molecule is Cc1cc(C2=NN=C(SCC(=O)Nc3ccccc3)C2)ccn1. The van der Waals surface area contributed by atoms with Gasteiger partial charge in [-0.25, -0.2) is 0 Å². The first-order chi connectivity index (χ1) is 11.2. The molecular weight excluding hydrogens is 308 g/mol. The van der Waals surface area contributed by atoms with Crippen molar-refractivity contribution in [1.82, 2.24) is 4.98 Å². The topological polar surface area (TPSA) is 66.7 Å². The van der Waals surface area contributed by atoms with Gasteiger partial charge < -0.3 is 5.32 Å². The number of carbonyl (C=O) groups is 1. The maximum atomic E-state index is 11.9. The summed E-state index contributed by atoms with van der Waals surface area (Å²) in [5.74, 6) is 0.281. The number of para-hydroxylation sites is 1. The van der Waals surface area contributed by atoms with Crippen molar-refractivity contribution in [3.63, 3.8) is 0 Å². The number of nitrogens with one attached hydrogen (secondary N) is 1. The second-order valence-electron chi connectivity index (χ2n) is 5.11. The molecule has 116 valence electrons. The van der Waals surface area contributed by atoms with Crippen LogP contribution in [0.15, 0.2) is 58.9 Å². The average molecular weight is 324 g/mol. The third-order valence-electron chi connectivity index (χ3n) is 3.26. The van der Waals surface area contributed by atoms with E-state index in [4.69, 9.17) is 0 Å².